The average molecular weight is 254 g/mol. The molecule has 0 aromatic rings. The molecule has 0 aromatic heterocycles. The second-order valence-corrected chi connectivity index (χ2v) is 5.43. The molecule has 0 radical (unpaired) electrons. The third kappa shape index (κ3) is 4.94. The van der Waals surface area contributed by atoms with Crippen molar-refractivity contribution in [3.63, 3.8) is 0 Å². The van der Waals surface area contributed by atoms with E-state index in [0.717, 1.165) is 39.0 Å². The maximum atomic E-state index is 11.7. The van der Waals surface area contributed by atoms with Gasteiger partial charge in [0.15, 0.2) is 0 Å². The van der Waals surface area contributed by atoms with Crippen LogP contribution in [0.2, 0.25) is 0 Å². The molecule has 4 heteroatoms. The van der Waals surface area contributed by atoms with E-state index in [1.807, 2.05) is 0 Å². The number of carbonyl (C=O) groups excluding carboxylic acids is 1. The fraction of sp³-hybridized carbons (Fsp3) is 0.929. The summed E-state index contributed by atoms with van der Waals surface area (Å²) in [7, 11) is 0. The molecule has 4 nitrogen and oxygen atoms in total. The van der Waals surface area contributed by atoms with E-state index >= 15 is 0 Å². The molecule has 2 aliphatic rings. The van der Waals surface area contributed by atoms with Crippen LogP contribution >= 0.6 is 0 Å². The number of piperidine rings is 1. The van der Waals surface area contributed by atoms with E-state index in [2.05, 4.69) is 10.2 Å². The van der Waals surface area contributed by atoms with Gasteiger partial charge in [-0.2, -0.15) is 0 Å². The van der Waals surface area contributed by atoms with E-state index in [0.29, 0.717) is 12.5 Å². The number of amides is 1. The third-order valence-corrected chi connectivity index (χ3v) is 3.92. The molecule has 0 aromatic carbocycles. The van der Waals surface area contributed by atoms with Gasteiger partial charge >= 0.3 is 0 Å². The highest BCUT2D eigenvalue weighted by Crippen LogP contribution is 2.16. The Morgan fingerprint density at radius 3 is 2.78 bits per heavy atom. The second kappa shape index (κ2) is 7.74. The molecule has 18 heavy (non-hydrogen) atoms. The van der Waals surface area contributed by atoms with Crippen LogP contribution in [0, 0.1) is 0 Å². The zero-order chi connectivity index (χ0) is 12.6. The van der Waals surface area contributed by atoms with E-state index in [-0.39, 0.29) is 5.91 Å². The Morgan fingerprint density at radius 2 is 2.06 bits per heavy atom. The Bertz CT molecular complexity index is 246. The maximum Gasteiger partial charge on any atom is 0.220 e. The van der Waals surface area contributed by atoms with Gasteiger partial charge in [-0.3, -0.25) is 4.79 Å². The Labute approximate surface area is 110 Å². The summed E-state index contributed by atoms with van der Waals surface area (Å²) >= 11 is 0. The molecule has 0 spiro atoms. The van der Waals surface area contributed by atoms with Gasteiger partial charge in [0, 0.05) is 26.1 Å². The van der Waals surface area contributed by atoms with Crippen molar-refractivity contribution in [2.24, 2.45) is 0 Å². The average Bonchev–Trinajstić information content (AvgIpc) is 2.91. The first kappa shape index (κ1) is 13.8. The summed E-state index contributed by atoms with van der Waals surface area (Å²) in [4.78, 5) is 14.1. The predicted molar refractivity (Wildman–Crippen MR) is 71.5 cm³/mol. The van der Waals surface area contributed by atoms with Crippen molar-refractivity contribution in [3.05, 3.63) is 0 Å². The van der Waals surface area contributed by atoms with Gasteiger partial charge < -0.3 is 15.0 Å². The van der Waals surface area contributed by atoms with Crippen LogP contribution in [0.25, 0.3) is 0 Å². The number of rotatable bonds is 6. The second-order valence-electron chi connectivity index (χ2n) is 5.43. The smallest absolute Gasteiger partial charge is 0.220 e. The number of carbonyl (C=O) groups is 1. The lowest BCUT2D eigenvalue weighted by molar-refractivity contribution is -0.121. The summed E-state index contributed by atoms with van der Waals surface area (Å²) in [6.07, 6.45) is 8.10. The van der Waals surface area contributed by atoms with Crippen molar-refractivity contribution in [3.8, 4) is 0 Å². The van der Waals surface area contributed by atoms with Crippen molar-refractivity contribution in [1.29, 1.82) is 0 Å². The highest BCUT2D eigenvalue weighted by Gasteiger charge is 2.16. The van der Waals surface area contributed by atoms with Gasteiger partial charge in [-0.15, -0.1) is 0 Å². The summed E-state index contributed by atoms with van der Waals surface area (Å²) in [6, 6.07) is 0. The number of likely N-dealkylation sites (tertiary alicyclic amines) is 1. The topological polar surface area (TPSA) is 41.6 Å². The molecular weight excluding hydrogens is 228 g/mol. The van der Waals surface area contributed by atoms with Gasteiger partial charge in [0.05, 0.1) is 6.10 Å². The van der Waals surface area contributed by atoms with Crippen LogP contribution in [-0.2, 0) is 9.53 Å². The van der Waals surface area contributed by atoms with Crippen molar-refractivity contribution in [2.75, 3.05) is 32.8 Å². The van der Waals surface area contributed by atoms with E-state index < -0.39 is 0 Å². The Morgan fingerprint density at radius 1 is 1.22 bits per heavy atom. The van der Waals surface area contributed by atoms with Crippen LogP contribution < -0.4 is 5.32 Å². The third-order valence-electron chi connectivity index (χ3n) is 3.92. The number of nitrogens with one attached hydrogen (secondary N) is 1. The molecule has 104 valence electrons. The minimum atomic E-state index is 0.183. The van der Waals surface area contributed by atoms with Crippen molar-refractivity contribution < 1.29 is 9.53 Å². The van der Waals surface area contributed by atoms with Crippen LogP contribution in [0.4, 0.5) is 0 Å². The summed E-state index contributed by atoms with van der Waals surface area (Å²) in [6.45, 7) is 5.08. The van der Waals surface area contributed by atoms with Crippen molar-refractivity contribution in [2.45, 2.75) is 51.0 Å². The van der Waals surface area contributed by atoms with Gasteiger partial charge in [-0.25, -0.2) is 0 Å². The summed E-state index contributed by atoms with van der Waals surface area (Å²) in [5.74, 6) is 0.183. The van der Waals surface area contributed by atoms with Crippen molar-refractivity contribution in [1.82, 2.24) is 10.2 Å². The Balaban J connectivity index is 1.48. The minimum absolute atomic E-state index is 0.183. The molecule has 2 saturated heterocycles. The number of hydrogen-bond acceptors (Lipinski definition) is 3. The zero-order valence-corrected chi connectivity index (χ0v) is 11.3. The lowest BCUT2D eigenvalue weighted by Crippen LogP contribution is -2.37. The molecule has 1 atom stereocenters. The van der Waals surface area contributed by atoms with Gasteiger partial charge in [-0.05, 0) is 45.2 Å². The lowest BCUT2D eigenvalue weighted by Gasteiger charge is -2.26. The minimum Gasteiger partial charge on any atom is -0.378 e. The number of hydrogen-bond donors (Lipinski definition) is 1. The molecule has 2 rings (SSSR count). The van der Waals surface area contributed by atoms with Crippen LogP contribution in [0.5, 0.6) is 0 Å². The lowest BCUT2D eigenvalue weighted by atomic mass is 10.1. The molecule has 0 bridgehead atoms. The van der Waals surface area contributed by atoms with E-state index in [1.54, 1.807) is 0 Å². The fourth-order valence-corrected chi connectivity index (χ4v) is 2.79. The summed E-state index contributed by atoms with van der Waals surface area (Å²) < 4.78 is 5.51. The first-order chi connectivity index (χ1) is 8.84. The maximum absolute atomic E-state index is 11.7. The van der Waals surface area contributed by atoms with E-state index in [4.69, 9.17) is 4.74 Å². The standard InChI is InChI=1S/C14H26N2O2/c17-14(7-6-13-5-4-12-18-13)15-8-11-16-9-2-1-3-10-16/h13H,1-12H2,(H,15,17)/t13-/m1/s1. The molecule has 1 amide bonds. The predicted octanol–water partition coefficient (Wildman–Crippen LogP) is 1.55. The van der Waals surface area contributed by atoms with Crippen LogP contribution in [0.1, 0.15) is 44.9 Å². The Hall–Kier alpha value is -0.610. The first-order valence-electron chi connectivity index (χ1n) is 7.45. The quantitative estimate of drug-likeness (QED) is 0.782. The van der Waals surface area contributed by atoms with Gasteiger partial charge in [-0.1, -0.05) is 6.42 Å². The molecule has 2 aliphatic heterocycles. The van der Waals surface area contributed by atoms with Crippen LogP contribution in [-0.4, -0.2) is 49.7 Å². The van der Waals surface area contributed by atoms with Gasteiger partial charge in [0.1, 0.15) is 0 Å². The highest BCUT2D eigenvalue weighted by molar-refractivity contribution is 5.75. The first-order valence-corrected chi connectivity index (χ1v) is 7.45. The zero-order valence-electron chi connectivity index (χ0n) is 11.3. The fourth-order valence-electron chi connectivity index (χ4n) is 2.79. The molecule has 0 saturated carbocycles. The monoisotopic (exact) mass is 254 g/mol. The molecule has 2 heterocycles. The molecule has 0 unspecified atom stereocenters. The summed E-state index contributed by atoms with van der Waals surface area (Å²) in [5.41, 5.74) is 0. The van der Waals surface area contributed by atoms with Crippen LogP contribution in [0.15, 0.2) is 0 Å². The van der Waals surface area contributed by atoms with E-state index in [1.165, 1.54) is 32.4 Å². The van der Waals surface area contributed by atoms with Gasteiger partial charge in [0.2, 0.25) is 5.91 Å². The molecule has 1 N–H and O–H groups in total. The van der Waals surface area contributed by atoms with E-state index in [9.17, 15) is 4.79 Å². The molecular formula is C14H26N2O2. The largest absolute Gasteiger partial charge is 0.378 e. The molecule has 0 aliphatic carbocycles. The summed E-state index contributed by atoms with van der Waals surface area (Å²) in [5, 5.41) is 3.02. The number of nitrogens with zero attached hydrogens (tertiary/aromatic N) is 1. The highest BCUT2D eigenvalue weighted by atomic mass is 16.5. The van der Waals surface area contributed by atoms with Crippen molar-refractivity contribution >= 4 is 5.91 Å². The van der Waals surface area contributed by atoms with Gasteiger partial charge in [0.25, 0.3) is 0 Å². The number of ether oxygens (including phenoxy) is 1. The Kier molecular flexibility index (Phi) is 5.94. The van der Waals surface area contributed by atoms with Crippen LogP contribution in [0.3, 0.4) is 0 Å². The normalized spacial score (nSPS) is 25.2. The SMILES string of the molecule is O=C(CC[C@H]1CCCO1)NCCN1CCCCC1. The molecule has 2 fully saturated rings.